The zero-order valence-electron chi connectivity index (χ0n) is 23.1. The highest BCUT2D eigenvalue weighted by atomic mass is 16.5. The van der Waals surface area contributed by atoms with Gasteiger partial charge in [0, 0.05) is 41.7 Å². The molecule has 0 aliphatic heterocycles. The third-order valence-electron chi connectivity index (χ3n) is 7.29. The third-order valence-corrected chi connectivity index (χ3v) is 7.29. The minimum absolute atomic E-state index is 0.261. The van der Waals surface area contributed by atoms with Gasteiger partial charge >= 0.3 is 0 Å². The zero-order valence-corrected chi connectivity index (χ0v) is 23.1. The van der Waals surface area contributed by atoms with Crippen molar-refractivity contribution >= 4 is 45.3 Å². The molecule has 0 bridgehead atoms. The number of hydrogen-bond donors (Lipinski definition) is 0. The fourth-order valence-corrected chi connectivity index (χ4v) is 5.32. The molecule has 0 aliphatic rings. The Balaban J connectivity index is 1.32. The lowest BCUT2D eigenvalue weighted by molar-refractivity contribution is -0.121. The largest absolute Gasteiger partial charge is 0.429 e. The summed E-state index contributed by atoms with van der Waals surface area (Å²) in [4.78, 5) is 35.5. The van der Waals surface area contributed by atoms with Crippen molar-refractivity contribution in [2.75, 3.05) is 0 Å². The summed E-state index contributed by atoms with van der Waals surface area (Å²) in [6, 6.07) is 33.2. The summed E-state index contributed by atoms with van der Waals surface area (Å²) in [5, 5.41) is 6.93. The predicted octanol–water partition coefficient (Wildman–Crippen LogP) is 7.14. The highest BCUT2D eigenvalue weighted by Gasteiger charge is 2.12. The Labute approximate surface area is 251 Å². The molecule has 0 aliphatic carbocycles. The number of hydrogen-bond acceptors (Lipinski definition) is 7. The number of pyridine rings is 3. The SMILES string of the molecule is O=COc1ccnc(-c2cc(OC=O)cc(-c3cc(C#Cc4cc5c6ccccc6ccc5c5ccccc45)ccn3)n2)c1. The minimum Gasteiger partial charge on any atom is -0.429 e. The van der Waals surface area contributed by atoms with Crippen LogP contribution in [0.4, 0.5) is 0 Å². The second kappa shape index (κ2) is 11.5. The topological polar surface area (TPSA) is 91.3 Å². The van der Waals surface area contributed by atoms with Crippen molar-refractivity contribution in [1.82, 2.24) is 15.0 Å². The van der Waals surface area contributed by atoms with Gasteiger partial charge in [0.2, 0.25) is 0 Å². The van der Waals surface area contributed by atoms with Gasteiger partial charge < -0.3 is 9.47 Å². The van der Waals surface area contributed by atoms with E-state index in [0.29, 0.717) is 41.5 Å². The number of ether oxygens (including phenoxy) is 2. The van der Waals surface area contributed by atoms with Crippen molar-refractivity contribution in [2.45, 2.75) is 0 Å². The van der Waals surface area contributed by atoms with Crippen LogP contribution in [0.5, 0.6) is 11.5 Å². The molecular formula is C37H21N3O4. The fourth-order valence-electron chi connectivity index (χ4n) is 5.32. The zero-order chi connectivity index (χ0) is 29.9. The first-order valence-corrected chi connectivity index (χ1v) is 13.7. The van der Waals surface area contributed by atoms with Crippen LogP contribution in [0.3, 0.4) is 0 Å². The Morgan fingerprint density at radius 3 is 1.95 bits per heavy atom. The lowest BCUT2D eigenvalue weighted by Gasteiger charge is -2.10. The number of carbonyl (C=O) groups is 2. The molecule has 4 aromatic carbocycles. The molecule has 0 saturated carbocycles. The number of aromatic nitrogens is 3. The maximum absolute atomic E-state index is 11.2. The summed E-state index contributed by atoms with van der Waals surface area (Å²) >= 11 is 0. The predicted molar refractivity (Wildman–Crippen MR) is 169 cm³/mol. The van der Waals surface area contributed by atoms with E-state index in [1.54, 1.807) is 30.5 Å². The lowest BCUT2D eigenvalue weighted by atomic mass is 9.94. The minimum atomic E-state index is 0.261. The summed E-state index contributed by atoms with van der Waals surface area (Å²) < 4.78 is 10.1. The smallest absolute Gasteiger partial charge is 0.298 e. The summed E-state index contributed by atoms with van der Waals surface area (Å²) in [5.74, 6) is 7.29. The quantitative estimate of drug-likeness (QED) is 0.119. The van der Waals surface area contributed by atoms with E-state index < -0.39 is 0 Å². The first-order chi connectivity index (χ1) is 21.7. The van der Waals surface area contributed by atoms with Crippen molar-refractivity contribution in [3.63, 3.8) is 0 Å². The van der Waals surface area contributed by atoms with Crippen molar-refractivity contribution in [2.24, 2.45) is 0 Å². The highest BCUT2D eigenvalue weighted by Crippen LogP contribution is 2.33. The molecule has 44 heavy (non-hydrogen) atoms. The Hall–Kier alpha value is -6.39. The first-order valence-electron chi connectivity index (χ1n) is 13.7. The molecular weight excluding hydrogens is 550 g/mol. The van der Waals surface area contributed by atoms with Crippen molar-refractivity contribution in [3.05, 3.63) is 127 Å². The van der Waals surface area contributed by atoms with E-state index in [1.165, 1.54) is 22.4 Å². The molecule has 0 radical (unpaired) electrons. The molecule has 7 aromatic rings. The molecule has 7 nitrogen and oxygen atoms in total. The Bertz CT molecular complexity index is 2300. The van der Waals surface area contributed by atoms with E-state index >= 15 is 0 Å². The summed E-state index contributed by atoms with van der Waals surface area (Å²) in [6.45, 7) is 0.679. The molecule has 0 saturated heterocycles. The Kier molecular flexibility index (Phi) is 6.91. The number of nitrogens with zero attached hydrogens (tertiary/aromatic N) is 3. The number of rotatable bonds is 6. The van der Waals surface area contributed by atoms with Gasteiger partial charge in [-0.25, -0.2) is 4.98 Å². The summed E-state index contributed by atoms with van der Waals surface area (Å²) in [5.41, 5.74) is 3.48. The van der Waals surface area contributed by atoms with Crippen LogP contribution in [0.25, 0.3) is 55.1 Å². The fraction of sp³-hybridized carbons (Fsp3) is 0. The second-order valence-electron chi connectivity index (χ2n) is 9.91. The maximum atomic E-state index is 11.2. The normalized spacial score (nSPS) is 10.7. The van der Waals surface area contributed by atoms with Crippen LogP contribution in [-0.4, -0.2) is 27.9 Å². The van der Waals surface area contributed by atoms with Crippen molar-refractivity contribution in [1.29, 1.82) is 0 Å². The van der Waals surface area contributed by atoms with Crippen LogP contribution in [0.15, 0.2) is 116 Å². The summed E-state index contributed by atoms with van der Waals surface area (Å²) in [6.07, 6.45) is 3.16. The van der Waals surface area contributed by atoms with Gasteiger partial charge in [0.1, 0.15) is 11.5 Å². The molecule has 0 N–H and O–H groups in total. The molecule has 7 rings (SSSR count). The Morgan fingerprint density at radius 1 is 0.523 bits per heavy atom. The van der Waals surface area contributed by atoms with Gasteiger partial charge in [-0.05, 0) is 56.6 Å². The number of fused-ring (bicyclic) bond motifs is 5. The monoisotopic (exact) mass is 571 g/mol. The van der Waals surface area contributed by atoms with Crippen LogP contribution in [0.2, 0.25) is 0 Å². The molecule has 3 heterocycles. The average Bonchev–Trinajstić information content (AvgIpc) is 3.07. The second-order valence-corrected chi connectivity index (χ2v) is 9.91. The van der Waals surface area contributed by atoms with Gasteiger partial charge in [-0.1, -0.05) is 72.5 Å². The molecule has 208 valence electrons. The molecule has 7 heteroatoms. The van der Waals surface area contributed by atoms with Crippen LogP contribution in [-0.2, 0) is 9.59 Å². The van der Waals surface area contributed by atoms with Crippen LogP contribution < -0.4 is 9.47 Å². The Morgan fingerprint density at radius 2 is 1.16 bits per heavy atom. The summed E-state index contributed by atoms with van der Waals surface area (Å²) in [7, 11) is 0. The van der Waals surface area contributed by atoms with Gasteiger partial charge in [-0.3, -0.25) is 19.6 Å². The molecule has 0 atom stereocenters. The van der Waals surface area contributed by atoms with Crippen molar-refractivity contribution in [3.8, 4) is 46.1 Å². The molecule has 0 unspecified atom stereocenters. The standard InChI is InChI=1S/C37H21N3O4/c41-22-43-27-14-16-39-35(19-27)37-21-28(44-23-42)20-36(40-37)34-17-24(13-15-38-34)9-10-26-18-33-29-6-2-1-5-25(29)11-12-32(33)31-8-4-3-7-30(26)31/h1-8,11-23H. The van der Waals surface area contributed by atoms with Crippen LogP contribution in [0.1, 0.15) is 11.1 Å². The van der Waals surface area contributed by atoms with Gasteiger partial charge in [-0.15, -0.1) is 0 Å². The van der Waals surface area contributed by atoms with Gasteiger partial charge in [-0.2, -0.15) is 0 Å². The number of benzene rings is 4. The molecule has 3 aromatic heterocycles. The van der Waals surface area contributed by atoms with Crippen LogP contribution in [0, 0.1) is 11.8 Å². The van der Waals surface area contributed by atoms with E-state index in [9.17, 15) is 9.59 Å². The van der Waals surface area contributed by atoms with E-state index in [2.05, 4.69) is 70.3 Å². The average molecular weight is 572 g/mol. The van der Waals surface area contributed by atoms with E-state index in [4.69, 9.17) is 14.5 Å². The first kappa shape index (κ1) is 26.5. The van der Waals surface area contributed by atoms with Gasteiger partial charge in [0.25, 0.3) is 12.9 Å². The van der Waals surface area contributed by atoms with E-state index in [-0.39, 0.29) is 5.75 Å². The molecule has 0 spiro atoms. The third kappa shape index (κ3) is 5.08. The number of carbonyl (C=O) groups excluding carboxylic acids is 2. The van der Waals surface area contributed by atoms with E-state index in [0.717, 1.165) is 27.3 Å². The molecule has 0 fully saturated rings. The van der Waals surface area contributed by atoms with E-state index in [1.807, 2.05) is 30.3 Å². The van der Waals surface area contributed by atoms with Crippen molar-refractivity contribution < 1.29 is 19.1 Å². The van der Waals surface area contributed by atoms with Crippen LogP contribution >= 0.6 is 0 Å². The van der Waals surface area contributed by atoms with Gasteiger partial charge in [0.15, 0.2) is 0 Å². The highest BCUT2D eigenvalue weighted by molar-refractivity contribution is 6.18. The molecule has 0 amide bonds. The maximum Gasteiger partial charge on any atom is 0.298 e. The van der Waals surface area contributed by atoms with Gasteiger partial charge in [0.05, 0.1) is 22.8 Å². The lowest BCUT2D eigenvalue weighted by Crippen LogP contribution is -1.97.